The van der Waals surface area contributed by atoms with Crippen molar-refractivity contribution in [1.82, 2.24) is 15.3 Å². The molecule has 0 radical (unpaired) electrons. The summed E-state index contributed by atoms with van der Waals surface area (Å²) in [5, 5.41) is 6.35. The number of amides is 1. The van der Waals surface area contributed by atoms with Crippen molar-refractivity contribution in [3.63, 3.8) is 0 Å². The fraction of sp³-hybridized carbons (Fsp3) is 0.211. The Morgan fingerprint density at radius 1 is 1.23 bits per heavy atom. The molecule has 5 nitrogen and oxygen atoms in total. The maximum atomic E-state index is 12.0. The van der Waals surface area contributed by atoms with Crippen molar-refractivity contribution in [2.75, 3.05) is 6.54 Å². The Hall–Kier alpha value is -2.44. The first-order valence-corrected chi connectivity index (χ1v) is 9.42. The summed E-state index contributed by atoms with van der Waals surface area (Å²) < 4.78 is 5.61. The van der Waals surface area contributed by atoms with E-state index in [9.17, 15) is 4.79 Å². The Kier molecular flexibility index (Phi) is 6.57. The average molecular weight is 388 g/mol. The van der Waals surface area contributed by atoms with Gasteiger partial charge in [-0.2, -0.15) is 0 Å². The van der Waals surface area contributed by atoms with Crippen LogP contribution in [0, 0.1) is 0 Å². The lowest BCUT2D eigenvalue weighted by molar-refractivity contribution is -0.120. The summed E-state index contributed by atoms with van der Waals surface area (Å²) in [5.74, 6) is 0.660. The Morgan fingerprint density at radius 2 is 2.08 bits per heavy atom. The third-order valence-electron chi connectivity index (χ3n) is 3.59. The van der Waals surface area contributed by atoms with E-state index in [2.05, 4.69) is 15.3 Å². The highest BCUT2D eigenvalue weighted by Gasteiger charge is 2.08. The van der Waals surface area contributed by atoms with E-state index in [4.69, 9.17) is 16.3 Å². The van der Waals surface area contributed by atoms with Crippen molar-refractivity contribution in [2.45, 2.75) is 19.4 Å². The molecule has 3 aromatic rings. The molecule has 7 heteroatoms. The minimum Gasteiger partial charge on any atom is -0.485 e. The van der Waals surface area contributed by atoms with Gasteiger partial charge < -0.3 is 10.1 Å². The van der Waals surface area contributed by atoms with Crippen LogP contribution in [0.2, 0.25) is 5.02 Å². The van der Waals surface area contributed by atoms with Crippen molar-refractivity contribution in [3.05, 3.63) is 75.5 Å². The van der Waals surface area contributed by atoms with Crippen LogP contribution in [0.25, 0.3) is 0 Å². The molecule has 0 atom stereocenters. The second-order valence-electron chi connectivity index (χ2n) is 5.61. The van der Waals surface area contributed by atoms with Gasteiger partial charge in [0.1, 0.15) is 17.4 Å². The number of hydrogen-bond acceptors (Lipinski definition) is 5. The van der Waals surface area contributed by atoms with Crippen LogP contribution in [-0.4, -0.2) is 22.4 Å². The van der Waals surface area contributed by atoms with Crippen molar-refractivity contribution >= 4 is 28.8 Å². The number of carbonyl (C=O) groups is 1. The highest BCUT2D eigenvalue weighted by molar-refractivity contribution is 7.09. The molecule has 0 aliphatic carbocycles. The number of ether oxygens (including phenoxy) is 1. The van der Waals surface area contributed by atoms with Gasteiger partial charge in [0.05, 0.1) is 18.3 Å². The highest BCUT2D eigenvalue weighted by atomic mass is 35.5. The quantitative estimate of drug-likeness (QED) is 0.640. The van der Waals surface area contributed by atoms with Gasteiger partial charge in [0, 0.05) is 23.1 Å². The van der Waals surface area contributed by atoms with Crippen molar-refractivity contribution < 1.29 is 9.53 Å². The fourth-order valence-electron chi connectivity index (χ4n) is 2.30. The summed E-state index contributed by atoms with van der Waals surface area (Å²) in [4.78, 5) is 20.5. The molecule has 0 fully saturated rings. The molecule has 0 saturated heterocycles. The number of halogens is 1. The number of nitrogens with one attached hydrogen (secondary N) is 1. The van der Waals surface area contributed by atoms with Crippen molar-refractivity contribution in [3.8, 4) is 5.75 Å². The van der Waals surface area contributed by atoms with E-state index in [1.165, 1.54) is 11.3 Å². The van der Waals surface area contributed by atoms with Gasteiger partial charge in [-0.15, -0.1) is 11.3 Å². The van der Waals surface area contributed by atoms with Gasteiger partial charge in [-0.3, -0.25) is 9.78 Å². The van der Waals surface area contributed by atoms with Gasteiger partial charge in [0.25, 0.3) is 0 Å². The molecule has 1 amide bonds. The zero-order chi connectivity index (χ0) is 18.2. The van der Waals surface area contributed by atoms with E-state index in [1.807, 2.05) is 41.8 Å². The Morgan fingerprint density at radius 3 is 2.85 bits per heavy atom. The Labute approximate surface area is 161 Å². The number of nitrogens with zero attached hydrogens (tertiary/aromatic N) is 2. The molecular weight excluding hydrogens is 370 g/mol. The molecule has 1 N–H and O–H groups in total. The molecule has 134 valence electrons. The number of aromatic nitrogens is 2. The molecule has 26 heavy (non-hydrogen) atoms. The average Bonchev–Trinajstić information content (AvgIpc) is 3.10. The first-order valence-electron chi connectivity index (χ1n) is 8.16. The maximum absolute atomic E-state index is 12.0. The first kappa shape index (κ1) is 18.4. The smallest absolute Gasteiger partial charge is 0.226 e. The molecule has 2 heterocycles. The van der Waals surface area contributed by atoms with E-state index in [1.54, 1.807) is 12.4 Å². The van der Waals surface area contributed by atoms with Crippen LogP contribution in [0.5, 0.6) is 5.75 Å². The van der Waals surface area contributed by atoms with Crippen LogP contribution in [0.3, 0.4) is 0 Å². The van der Waals surface area contributed by atoms with Crippen LogP contribution >= 0.6 is 22.9 Å². The summed E-state index contributed by atoms with van der Waals surface area (Å²) in [5.41, 5.74) is 1.89. The van der Waals surface area contributed by atoms with Crippen LogP contribution in [0.15, 0.2) is 54.2 Å². The van der Waals surface area contributed by atoms with E-state index in [0.29, 0.717) is 23.9 Å². The molecule has 0 aliphatic heterocycles. The fourth-order valence-corrected chi connectivity index (χ4v) is 3.13. The van der Waals surface area contributed by atoms with Crippen LogP contribution in [-0.2, 0) is 24.2 Å². The maximum Gasteiger partial charge on any atom is 0.226 e. The molecule has 0 unspecified atom stereocenters. The molecule has 0 aliphatic rings. The lowest BCUT2D eigenvalue weighted by atomic mass is 10.1. The Bertz CT molecular complexity index is 838. The molecule has 0 spiro atoms. The third kappa shape index (κ3) is 5.82. The monoisotopic (exact) mass is 387 g/mol. The minimum absolute atomic E-state index is 0.0380. The first-order chi connectivity index (χ1) is 12.7. The summed E-state index contributed by atoms with van der Waals surface area (Å²) in [6.07, 6.45) is 4.39. The largest absolute Gasteiger partial charge is 0.485 e. The highest BCUT2D eigenvalue weighted by Crippen LogP contribution is 2.14. The van der Waals surface area contributed by atoms with E-state index in [-0.39, 0.29) is 12.3 Å². The summed E-state index contributed by atoms with van der Waals surface area (Å²) in [6, 6.07) is 11.3. The zero-order valence-electron chi connectivity index (χ0n) is 14.0. The summed E-state index contributed by atoms with van der Waals surface area (Å²) >= 11 is 7.34. The lowest BCUT2D eigenvalue weighted by Gasteiger charge is -2.05. The van der Waals surface area contributed by atoms with Gasteiger partial charge in [0.15, 0.2) is 0 Å². The standard InChI is InChI=1S/C19H18ClN3O2S/c20-15-5-3-14(4-6-15)7-9-22-18(24)10-16-13-26-19(23-16)12-25-17-2-1-8-21-11-17/h1-6,8,11,13H,7,9-10,12H2,(H,22,24). The SMILES string of the molecule is O=C(Cc1csc(COc2cccnc2)n1)NCCc1ccc(Cl)cc1. The van der Waals surface area contributed by atoms with Gasteiger partial charge in [-0.05, 0) is 36.2 Å². The van der Waals surface area contributed by atoms with Gasteiger partial charge in [-0.1, -0.05) is 23.7 Å². The van der Waals surface area contributed by atoms with Gasteiger partial charge in [-0.25, -0.2) is 4.98 Å². The molecule has 1 aromatic carbocycles. The third-order valence-corrected chi connectivity index (χ3v) is 4.71. The normalized spacial score (nSPS) is 10.5. The molecular formula is C19H18ClN3O2S. The number of carbonyl (C=O) groups excluding carboxylic acids is 1. The van der Waals surface area contributed by atoms with Crippen LogP contribution < -0.4 is 10.1 Å². The number of thiazole rings is 1. The summed E-state index contributed by atoms with van der Waals surface area (Å²) in [6.45, 7) is 0.954. The van der Waals surface area contributed by atoms with Gasteiger partial charge in [0.2, 0.25) is 5.91 Å². The van der Waals surface area contributed by atoms with Crippen molar-refractivity contribution in [1.29, 1.82) is 0 Å². The second kappa shape index (κ2) is 9.31. The minimum atomic E-state index is -0.0380. The topological polar surface area (TPSA) is 64.1 Å². The van der Waals surface area contributed by atoms with E-state index >= 15 is 0 Å². The summed E-state index contributed by atoms with van der Waals surface area (Å²) in [7, 11) is 0. The van der Waals surface area contributed by atoms with E-state index < -0.39 is 0 Å². The van der Waals surface area contributed by atoms with E-state index in [0.717, 1.165) is 22.7 Å². The predicted molar refractivity (Wildman–Crippen MR) is 103 cm³/mol. The van der Waals surface area contributed by atoms with Gasteiger partial charge >= 0.3 is 0 Å². The lowest BCUT2D eigenvalue weighted by Crippen LogP contribution is -2.27. The number of hydrogen-bond donors (Lipinski definition) is 1. The molecule has 0 bridgehead atoms. The number of pyridine rings is 1. The second-order valence-corrected chi connectivity index (χ2v) is 6.99. The van der Waals surface area contributed by atoms with Crippen LogP contribution in [0.1, 0.15) is 16.3 Å². The number of benzene rings is 1. The molecule has 0 saturated carbocycles. The predicted octanol–water partition coefficient (Wildman–Crippen LogP) is 3.67. The number of rotatable bonds is 8. The van der Waals surface area contributed by atoms with Crippen molar-refractivity contribution in [2.24, 2.45) is 0 Å². The molecule has 2 aromatic heterocycles. The Balaban J connectivity index is 1.40. The van der Waals surface area contributed by atoms with Crippen LogP contribution in [0.4, 0.5) is 0 Å². The molecule has 3 rings (SSSR count). The zero-order valence-corrected chi connectivity index (χ0v) is 15.6.